The molecule has 1 fully saturated rings. The van der Waals surface area contributed by atoms with Crippen molar-refractivity contribution in [1.82, 2.24) is 5.32 Å². The van der Waals surface area contributed by atoms with Crippen molar-refractivity contribution in [3.63, 3.8) is 0 Å². The minimum Gasteiger partial charge on any atom is -0.461 e. The van der Waals surface area contributed by atoms with Gasteiger partial charge in [-0.1, -0.05) is 60.7 Å². The number of carbonyl (C=O) groups excluding carboxylic acids is 3. The predicted molar refractivity (Wildman–Crippen MR) is 149 cm³/mol. The summed E-state index contributed by atoms with van der Waals surface area (Å²) in [6, 6.07) is 11.4. The van der Waals surface area contributed by atoms with E-state index in [2.05, 4.69) is 26.6 Å². The second-order valence-electron chi connectivity index (χ2n) is 9.80. The quantitative estimate of drug-likeness (QED) is 0.321. The van der Waals surface area contributed by atoms with Crippen molar-refractivity contribution in [3.05, 3.63) is 73.8 Å². The van der Waals surface area contributed by atoms with Gasteiger partial charge in [0.1, 0.15) is 6.04 Å². The molecule has 6 nitrogen and oxygen atoms in total. The SMILES string of the molecule is CC(C)OC(=O)[C@H](Cc1ccc(NC(=O)c2c(Cl)cccc2Cl)cc1)NC1=C(Br)C(=O)C12CCCCC2. The number of esters is 1. The van der Waals surface area contributed by atoms with Crippen LogP contribution in [0.25, 0.3) is 0 Å². The number of ether oxygens (including phenoxy) is 1. The molecule has 0 aliphatic heterocycles. The molecule has 1 atom stereocenters. The lowest BCUT2D eigenvalue weighted by Gasteiger charge is -2.46. The van der Waals surface area contributed by atoms with Gasteiger partial charge in [-0.3, -0.25) is 9.59 Å². The van der Waals surface area contributed by atoms with Gasteiger partial charge in [0.15, 0.2) is 5.78 Å². The first-order chi connectivity index (χ1) is 17.6. The number of Topliss-reactive ketones (excluding diaryl/α,β-unsaturated/α-hetero) is 1. The number of anilines is 1. The Morgan fingerprint density at radius 1 is 1.03 bits per heavy atom. The van der Waals surface area contributed by atoms with Crippen LogP contribution in [0.1, 0.15) is 61.9 Å². The number of rotatable bonds is 8. The third-order valence-corrected chi connectivity index (χ3v) is 8.22. The van der Waals surface area contributed by atoms with Crippen molar-refractivity contribution < 1.29 is 19.1 Å². The average Bonchev–Trinajstić information content (AvgIpc) is 2.87. The molecule has 0 aromatic heterocycles. The molecule has 0 saturated heterocycles. The first-order valence-electron chi connectivity index (χ1n) is 12.4. The van der Waals surface area contributed by atoms with Crippen LogP contribution in [-0.4, -0.2) is 29.8 Å². The van der Waals surface area contributed by atoms with Gasteiger partial charge in [-0.15, -0.1) is 0 Å². The van der Waals surface area contributed by atoms with Gasteiger partial charge < -0.3 is 15.4 Å². The molecule has 0 unspecified atom stereocenters. The van der Waals surface area contributed by atoms with Gasteiger partial charge in [0.2, 0.25) is 0 Å². The summed E-state index contributed by atoms with van der Waals surface area (Å²) < 4.78 is 6.05. The van der Waals surface area contributed by atoms with Gasteiger partial charge in [-0.2, -0.15) is 0 Å². The molecule has 2 aliphatic rings. The third-order valence-electron chi connectivity index (χ3n) is 6.84. The molecule has 2 aromatic rings. The Bertz CT molecular complexity index is 1220. The second-order valence-corrected chi connectivity index (χ2v) is 11.4. The summed E-state index contributed by atoms with van der Waals surface area (Å²) in [5.41, 5.74) is 1.92. The van der Waals surface area contributed by atoms with Crippen molar-refractivity contribution in [2.75, 3.05) is 5.32 Å². The summed E-state index contributed by atoms with van der Waals surface area (Å²) in [6.45, 7) is 3.62. The third kappa shape index (κ3) is 5.89. The lowest BCUT2D eigenvalue weighted by atomic mass is 9.62. The second kappa shape index (κ2) is 11.6. The molecule has 4 rings (SSSR count). The smallest absolute Gasteiger partial charge is 0.329 e. The minimum atomic E-state index is -0.667. The summed E-state index contributed by atoms with van der Waals surface area (Å²) in [6.07, 6.45) is 4.76. The van der Waals surface area contributed by atoms with Crippen LogP contribution < -0.4 is 10.6 Å². The number of hydrogen-bond acceptors (Lipinski definition) is 5. The van der Waals surface area contributed by atoms with Gasteiger partial charge in [0.05, 0.1) is 31.6 Å². The maximum atomic E-state index is 13.0. The van der Waals surface area contributed by atoms with Gasteiger partial charge in [0, 0.05) is 17.8 Å². The Balaban J connectivity index is 1.50. The number of hydrogen-bond donors (Lipinski definition) is 2. The van der Waals surface area contributed by atoms with Crippen LogP contribution in [-0.2, 0) is 20.7 Å². The van der Waals surface area contributed by atoms with E-state index in [1.165, 1.54) is 0 Å². The Labute approximate surface area is 235 Å². The van der Waals surface area contributed by atoms with E-state index < -0.39 is 17.4 Å². The van der Waals surface area contributed by atoms with Crippen LogP contribution in [0.5, 0.6) is 0 Å². The highest BCUT2D eigenvalue weighted by atomic mass is 79.9. The van der Waals surface area contributed by atoms with E-state index >= 15 is 0 Å². The van der Waals surface area contributed by atoms with Crippen LogP contribution in [0.2, 0.25) is 10.0 Å². The van der Waals surface area contributed by atoms with Crippen molar-refractivity contribution >= 4 is 62.5 Å². The van der Waals surface area contributed by atoms with Gasteiger partial charge in [-0.25, -0.2) is 4.79 Å². The minimum absolute atomic E-state index is 0.115. The number of halogens is 3. The summed E-state index contributed by atoms with van der Waals surface area (Å²) in [4.78, 5) is 38.5. The molecule has 0 bridgehead atoms. The van der Waals surface area contributed by atoms with Crippen molar-refractivity contribution in [3.8, 4) is 0 Å². The molecule has 9 heteroatoms. The van der Waals surface area contributed by atoms with Crippen LogP contribution in [0.4, 0.5) is 5.69 Å². The van der Waals surface area contributed by atoms with E-state index in [1.54, 1.807) is 30.3 Å². The van der Waals surface area contributed by atoms with Crippen LogP contribution in [0, 0.1) is 5.41 Å². The highest BCUT2D eigenvalue weighted by Crippen LogP contribution is 2.53. The average molecular weight is 608 g/mol. The molecule has 37 heavy (non-hydrogen) atoms. The zero-order chi connectivity index (χ0) is 26.7. The molecule has 2 N–H and O–H groups in total. The van der Waals surface area contributed by atoms with E-state index in [1.807, 2.05) is 26.0 Å². The largest absolute Gasteiger partial charge is 0.461 e. The fourth-order valence-corrected chi connectivity index (χ4v) is 6.41. The Morgan fingerprint density at radius 3 is 2.24 bits per heavy atom. The molecular formula is C28H29BrCl2N2O4. The maximum Gasteiger partial charge on any atom is 0.329 e. The van der Waals surface area contributed by atoms with Gasteiger partial charge >= 0.3 is 5.97 Å². The molecule has 2 aromatic carbocycles. The van der Waals surface area contributed by atoms with Crippen LogP contribution in [0.3, 0.4) is 0 Å². The van der Waals surface area contributed by atoms with E-state index in [4.69, 9.17) is 27.9 Å². The fourth-order valence-electron chi connectivity index (χ4n) is 4.97. The number of allylic oxidation sites excluding steroid dienone is 2. The van der Waals surface area contributed by atoms with E-state index in [0.717, 1.165) is 43.4 Å². The first kappa shape index (κ1) is 27.7. The van der Waals surface area contributed by atoms with Gasteiger partial charge in [0.25, 0.3) is 5.91 Å². The van der Waals surface area contributed by atoms with E-state index in [0.29, 0.717) is 16.6 Å². The zero-order valence-electron chi connectivity index (χ0n) is 20.7. The lowest BCUT2D eigenvalue weighted by molar-refractivity contribution is -0.150. The number of benzene rings is 2. The molecule has 1 amide bonds. The number of amides is 1. The zero-order valence-corrected chi connectivity index (χ0v) is 23.8. The molecule has 1 saturated carbocycles. The molecule has 1 spiro atoms. The molecule has 2 aliphatic carbocycles. The van der Waals surface area contributed by atoms with E-state index in [-0.39, 0.29) is 33.5 Å². The molecule has 0 heterocycles. The summed E-state index contributed by atoms with van der Waals surface area (Å²) in [5, 5.41) is 6.71. The first-order valence-corrected chi connectivity index (χ1v) is 13.9. The highest BCUT2D eigenvalue weighted by molar-refractivity contribution is 9.12. The summed E-state index contributed by atoms with van der Waals surface area (Å²) in [5.74, 6) is -0.670. The number of carbonyl (C=O) groups is 3. The fraction of sp³-hybridized carbons (Fsp3) is 0.393. The van der Waals surface area contributed by atoms with Crippen molar-refractivity contribution in [2.45, 2.75) is 64.5 Å². The Hall–Kier alpha value is -2.35. The Morgan fingerprint density at radius 2 is 1.65 bits per heavy atom. The predicted octanol–water partition coefficient (Wildman–Crippen LogP) is 6.84. The van der Waals surface area contributed by atoms with E-state index in [9.17, 15) is 14.4 Å². The topological polar surface area (TPSA) is 84.5 Å². The number of ketones is 1. The van der Waals surface area contributed by atoms with Crippen molar-refractivity contribution in [2.24, 2.45) is 5.41 Å². The monoisotopic (exact) mass is 606 g/mol. The Kier molecular flexibility index (Phi) is 8.66. The standard InChI is InChI=1S/C28H29BrCl2N2O4/c1-16(2)37-27(36)21(33-24-23(29)25(34)28(24)13-4-3-5-14-28)15-17-9-11-18(12-10-17)32-26(35)22-19(30)7-6-8-20(22)31/h6-12,16,21,33H,3-5,13-15H2,1-2H3,(H,32,35)/t21-/m0/s1. The van der Waals surface area contributed by atoms with Gasteiger partial charge in [-0.05, 0) is 72.4 Å². The number of nitrogens with one attached hydrogen (secondary N) is 2. The van der Waals surface area contributed by atoms with Crippen LogP contribution in [0.15, 0.2) is 52.6 Å². The maximum absolute atomic E-state index is 13.0. The summed E-state index contributed by atoms with van der Waals surface area (Å²) in [7, 11) is 0. The van der Waals surface area contributed by atoms with Crippen molar-refractivity contribution in [1.29, 1.82) is 0 Å². The normalized spacial score (nSPS) is 17.4. The van der Waals surface area contributed by atoms with Crippen LogP contribution >= 0.6 is 39.1 Å². The summed E-state index contributed by atoms with van der Waals surface area (Å²) >= 11 is 15.7. The lowest BCUT2D eigenvalue weighted by Crippen LogP contribution is -2.53. The molecule has 0 radical (unpaired) electrons. The molecule has 196 valence electrons. The molecular weight excluding hydrogens is 579 g/mol. The highest BCUT2D eigenvalue weighted by Gasteiger charge is 2.53.